The minimum absolute atomic E-state index is 0.253. The quantitative estimate of drug-likeness (QED) is 0.910. The highest BCUT2D eigenvalue weighted by Gasteiger charge is 2.17. The van der Waals surface area contributed by atoms with Crippen LogP contribution in [0.4, 0.5) is 20.2 Å². The van der Waals surface area contributed by atoms with E-state index in [9.17, 15) is 13.9 Å². The van der Waals surface area contributed by atoms with E-state index >= 15 is 0 Å². The van der Waals surface area contributed by atoms with E-state index < -0.39 is 11.9 Å². The van der Waals surface area contributed by atoms with Crippen LogP contribution in [-0.2, 0) is 0 Å². The average molecular weight is 263 g/mol. The number of aliphatic hydroxyl groups excluding tert-OH is 1. The van der Waals surface area contributed by atoms with Gasteiger partial charge >= 0.3 is 0 Å². The van der Waals surface area contributed by atoms with Crippen LogP contribution < -0.4 is 4.90 Å². The van der Waals surface area contributed by atoms with Crippen LogP contribution in [0.5, 0.6) is 0 Å². The topological polar surface area (TPSA) is 23.5 Å². The van der Waals surface area contributed by atoms with Gasteiger partial charge in [0.2, 0.25) is 0 Å². The predicted molar refractivity (Wildman–Crippen MR) is 71.5 cm³/mol. The molecule has 2 aromatic rings. The zero-order valence-electron chi connectivity index (χ0n) is 10.8. The summed E-state index contributed by atoms with van der Waals surface area (Å²) >= 11 is 0. The van der Waals surface area contributed by atoms with Crippen LogP contribution in [0.15, 0.2) is 42.5 Å². The molecule has 2 nitrogen and oxygen atoms in total. The molecule has 1 N–H and O–H groups in total. The number of rotatable bonds is 3. The summed E-state index contributed by atoms with van der Waals surface area (Å²) in [7, 11) is 1.64. The van der Waals surface area contributed by atoms with Gasteiger partial charge in [0.1, 0.15) is 11.6 Å². The molecule has 0 spiro atoms. The number of hydrogen-bond donors (Lipinski definition) is 1. The summed E-state index contributed by atoms with van der Waals surface area (Å²) in [4.78, 5) is 1.53. The molecule has 0 amide bonds. The lowest BCUT2D eigenvalue weighted by Gasteiger charge is -2.24. The highest BCUT2D eigenvalue weighted by molar-refractivity contribution is 5.66. The third-order valence-electron chi connectivity index (χ3n) is 3.00. The molecule has 0 radical (unpaired) electrons. The number of hydrogen-bond acceptors (Lipinski definition) is 2. The maximum atomic E-state index is 14.0. The van der Waals surface area contributed by atoms with Gasteiger partial charge in [0.15, 0.2) is 0 Å². The molecule has 0 aliphatic carbocycles. The fourth-order valence-electron chi connectivity index (χ4n) is 2.04. The third kappa shape index (κ3) is 2.74. The molecule has 0 aromatic heterocycles. The van der Waals surface area contributed by atoms with Crippen LogP contribution in [0.25, 0.3) is 0 Å². The number of anilines is 2. The van der Waals surface area contributed by atoms with Crippen molar-refractivity contribution >= 4 is 11.4 Å². The average Bonchev–Trinajstić information content (AvgIpc) is 2.37. The maximum Gasteiger partial charge on any atom is 0.147 e. The van der Waals surface area contributed by atoms with Gasteiger partial charge in [-0.2, -0.15) is 0 Å². The van der Waals surface area contributed by atoms with Crippen molar-refractivity contribution in [3.8, 4) is 0 Å². The number of aliphatic hydroxyl groups is 1. The molecule has 0 saturated carbocycles. The Kier molecular flexibility index (Phi) is 3.81. The fourth-order valence-corrected chi connectivity index (χ4v) is 2.04. The molecule has 0 fully saturated rings. The minimum atomic E-state index is -0.804. The van der Waals surface area contributed by atoms with E-state index in [0.717, 1.165) is 0 Å². The third-order valence-corrected chi connectivity index (χ3v) is 3.00. The summed E-state index contributed by atoms with van der Waals surface area (Å²) in [5.74, 6) is -0.843. The molecule has 0 unspecified atom stereocenters. The van der Waals surface area contributed by atoms with Gasteiger partial charge in [-0.05, 0) is 31.2 Å². The maximum absolute atomic E-state index is 14.0. The van der Waals surface area contributed by atoms with Crippen LogP contribution in [0.1, 0.15) is 18.6 Å². The lowest BCUT2D eigenvalue weighted by atomic mass is 10.1. The van der Waals surface area contributed by atoms with Gasteiger partial charge in [-0.25, -0.2) is 8.78 Å². The number of nitrogens with zero attached hydrogens (tertiary/aromatic N) is 1. The Labute approximate surface area is 110 Å². The number of benzene rings is 2. The number of halogens is 2. The van der Waals surface area contributed by atoms with Gasteiger partial charge in [0.25, 0.3) is 0 Å². The summed E-state index contributed by atoms with van der Waals surface area (Å²) in [6.07, 6.45) is -0.804. The zero-order valence-corrected chi connectivity index (χ0v) is 10.8. The molecular weight excluding hydrogens is 248 g/mol. The van der Waals surface area contributed by atoms with Gasteiger partial charge in [0, 0.05) is 18.3 Å². The lowest BCUT2D eigenvalue weighted by molar-refractivity contribution is 0.199. The van der Waals surface area contributed by atoms with E-state index in [4.69, 9.17) is 0 Å². The van der Waals surface area contributed by atoms with E-state index in [0.29, 0.717) is 11.3 Å². The Morgan fingerprint density at radius 1 is 1.11 bits per heavy atom. The Bertz CT molecular complexity index is 584. The van der Waals surface area contributed by atoms with Crippen molar-refractivity contribution in [2.45, 2.75) is 13.0 Å². The zero-order chi connectivity index (χ0) is 14.0. The standard InChI is InChI=1S/C15H15F2NO/c1-10(19)13-7-4-8-14(17)15(13)18(2)12-6-3-5-11(16)9-12/h3-10,19H,1-2H3/t10-/m0/s1. The van der Waals surface area contributed by atoms with Gasteiger partial charge in [-0.1, -0.05) is 18.2 Å². The normalized spacial score (nSPS) is 12.3. The van der Waals surface area contributed by atoms with E-state index in [2.05, 4.69) is 0 Å². The van der Waals surface area contributed by atoms with Crippen molar-refractivity contribution in [3.05, 3.63) is 59.7 Å². The van der Waals surface area contributed by atoms with E-state index in [1.807, 2.05) is 0 Å². The van der Waals surface area contributed by atoms with Crippen LogP contribution in [-0.4, -0.2) is 12.2 Å². The summed E-state index contributed by atoms with van der Waals surface area (Å²) in [6.45, 7) is 1.57. The molecule has 0 heterocycles. The highest BCUT2D eigenvalue weighted by atomic mass is 19.1. The van der Waals surface area contributed by atoms with Gasteiger partial charge in [-0.15, -0.1) is 0 Å². The molecule has 0 saturated heterocycles. The lowest BCUT2D eigenvalue weighted by Crippen LogP contribution is -2.15. The first-order valence-corrected chi connectivity index (χ1v) is 5.96. The molecule has 4 heteroatoms. The fraction of sp³-hybridized carbons (Fsp3) is 0.200. The summed E-state index contributed by atoms with van der Waals surface area (Å²) in [5, 5.41) is 9.71. The van der Waals surface area contributed by atoms with Crippen molar-refractivity contribution < 1.29 is 13.9 Å². The summed E-state index contributed by atoms with van der Waals surface area (Å²) in [6, 6.07) is 10.4. The molecular formula is C15H15F2NO. The summed E-state index contributed by atoms with van der Waals surface area (Å²) in [5.41, 5.74) is 1.24. The van der Waals surface area contributed by atoms with Crippen LogP contribution in [0.3, 0.4) is 0 Å². The van der Waals surface area contributed by atoms with Gasteiger partial charge in [0.05, 0.1) is 11.8 Å². The Morgan fingerprint density at radius 2 is 1.79 bits per heavy atom. The molecule has 19 heavy (non-hydrogen) atoms. The molecule has 2 rings (SSSR count). The van der Waals surface area contributed by atoms with Gasteiger partial charge in [-0.3, -0.25) is 0 Å². The van der Waals surface area contributed by atoms with Crippen LogP contribution in [0.2, 0.25) is 0 Å². The second kappa shape index (κ2) is 5.36. The van der Waals surface area contributed by atoms with E-state index in [-0.39, 0.29) is 11.5 Å². The Morgan fingerprint density at radius 3 is 2.42 bits per heavy atom. The Balaban J connectivity index is 2.52. The predicted octanol–water partition coefficient (Wildman–Crippen LogP) is 3.79. The molecule has 2 aromatic carbocycles. The largest absolute Gasteiger partial charge is 0.389 e. The Hall–Kier alpha value is -1.94. The monoisotopic (exact) mass is 263 g/mol. The van der Waals surface area contributed by atoms with Crippen LogP contribution >= 0.6 is 0 Å². The molecule has 0 bridgehead atoms. The molecule has 0 aliphatic heterocycles. The van der Waals surface area contributed by atoms with Crippen molar-refractivity contribution in [3.63, 3.8) is 0 Å². The first-order valence-electron chi connectivity index (χ1n) is 5.96. The van der Waals surface area contributed by atoms with Crippen molar-refractivity contribution in [2.75, 3.05) is 11.9 Å². The van der Waals surface area contributed by atoms with Crippen molar-refractivity contribution in [1.82, 2.24) is 0 Å². The van der Waals surface area contributed by atoms with Crippen molar-refractivity contribution in [1.29, 1.82) is 0 Å². The minimum Gasteiger partial charge on any atom is -0.389 e. The van der Waals surface area contributed by atoms with Gasteiger partial charge < -0.3 is 10.0 Å². The molecule has 100 valence electrons. The first kappa shape index (κ1) is 13.5. The second-order valence-electron chi connectivity index (χ2n) is 4.39. The number of para-hydroxylation sites is 1. The smallest absolute Gasteiger partial charge is 0.147 e. The SMILES string of the molecule is C[C@H](O)c1cccc(F)c1N(C)c1cccc(F)c1. The van der Waals surface area contributed by atoms with Crippen molar-refractivity contribution in [2.24, 2.45) is 0 Å². The van der Waals surface area contributed by atoms with Crippen LogP contribution in [0, 0.1) is 11.6 Å². The molecule has 0 aliphatic rings. The second-order valence-corrected chi connectivity index (χ2v) is 4.39. The first-order chi connectivity index (χ1) is 9.00. The van der Waals surface area contributed by atoms with E-state index in [1.54, 1.807) is 38.2 Å². The summed E-state index contributed by atoms with van der Waals surface area (Å²) < 4.78 is 27.2. The van der Waals surface area contributed by atoms with E-state index in [1.165, 1.54) is 23.1 Å². The molecule has 1 atom stereocenters. The highest BCUT2D eigenvalue weighted by Crippen LogP contribution is 2.33.